The van der Waals surface area contributed by atoms with E-state index in [2.05, 4.69) is 23.5 Å². The molecule has 1 heterocycles. The van der Waals surface area contributed by atoms with Gasteiger partial charge >= 0.3 is 0 Å². The van der Waals surface area contributed by atoms with Crippen LogP contribution in [0.2, 0.25) is 0 Å². The first-order valence-electron chi connectivity index (χ1n) is 7.34. The maximum absolute atomic E-state index is 5.77. The fourth-order valence-electron chi connectivity index (χ4n) is 3.22. The summed E-state index contributed by atoms with van der Waals surface area (Å²) in [4.78, 5) is 0. The summed E-state index contributed by atoms with van der Waals surface area (Å²) in [5, 5.41) is 3.35. The lowest BCUT2D eigenvalue weighted by atomic mass is 9.65. The Hall–Kier alpha value is -1.22. The molecule has 0 saturated heterocycles. The molecule has 104 valence electrons. The second kappa shape index (κ2) is 5.41. The largest absolute Gasteiger partial charge is 0.490 e. The number of ether oxygens (including phenoxy) is 2. The number of nitrogens with one attached hydrogen (secondary N) is 1. The number of hydrogen-bond donors (Lipinski definition) is 1. The van der Waals surface area contributed by atoms with E-state index in [1.54, 1.807) is 0 Å². The van der Waals surface area contributed by atoms with Crippen molar-refractivity contribution in [3.8, 4) is 11.5 Å². The third kappa shape index (κ3) is 2.71. The third-order valence-corrected chi connectivity index (χ3v) is 4.36. The summed E-state index contributed by atoms with van der Waals surface area (Å²) >= 11 is 0. The minimum atomic E-state index is 0.467. The fraction of sp³-hybridized carbons (Fsp3) is 0.625. The first-order valence-corrected chi connectivity index (χ1v) is 7.34. The molecule has 0 atom stereocenters. The van der Waals surface area contributed by atoms with E-state index in [4.69, 9.17) is 9.47 Å². The third-order valence-electron chi connectivity index (χ3n) is 4.36. The predicted octanol–water partition coefficient (Wildman–Crippen LogP) is 2.78. The predicted molar refractivity (Wildman–Crippen MR) is 76.0 cm³/mol. The van der Waals surface area contributed by atoms with Crippen molar-refractivity contribution in [2.75, 3.05) is 26.8 Å². The second-order valence-corrected chi connectivity index (χ2v) is 5.89. The second-order valence-electron chi connectivity index (χ2n) is 5.89. The molecule has 1 saturated carbocycles. The van der Waals surface area contributed by atoms with Crippen molar-refractivity contribution in [2.24, 2.45) is 5.41 Å². The molecular weight excluding hydrogens is 238 g/mol. The van der Waals surface area contributed by atoms with Crippen molar-refractivity contribution in [2.45, 2.75) is 32.1 Å². The Kier molecular flexibility index (Phi) is 3.65. The van der Waals surface area contributed by atoms with Crippen molar-refractivity contribution < 1.29 is 9.47 Å². The van der Waals surface area contributed by atoms with Crippen molar-refractivity contribution in [3.63, 3.8) is 0 Å². The standard InChI is InChI=1S/C16H23NO2/c1-17-12-16(6-2-7-16)11-13-4-5-14-15(10-13)19-9-3-8-18-14/h4-5,10,17H,2-3,6-9,11-12H2,1H3. The monoisotopic (exact) mass is 261 g/mol. The molecule has 1 aromatic carbocycles. The summed E-state index contributed by atoms with van der Waals surface area (Å²) in [7, 11) is 2.05. The summed E-state index contributed by atoms with van der Waals surface area (Å²) in [5.41, 5.74) is 1.84. The first kappa shape index (κ1) is 12.8. The van der Waals surface area contributed by atoms with Gasteiger partial charge in [0.25, 0.3) is 0 Å². The summed E-state index contributed by atoms with van der Waals surface area (Å²) in [5.74, 6) is 1.83. The smallest absolute Gasteiger partial charge is 0.161 e. The topological polar surface area (TPSA) is 30.5 Å². The number of fused-ring (bicyclic) bond motifs is 1. The molecule has 3 rings (SSSR count). The first-order chi connectivity index (χ1) is 9.31. The van der Waals surface area contributed by atoms with Crippen LogP contribution in [0.25, 0.3) is 0 Å². The van der Waals surface area contributed by atoms with Crippen molar-refractivity contribution in [1.29, 1.82) is 0 Å². The van der Waals surface area contributed by atoms with E-state index >= 15 is 0 Å². The van der Waals surface area contributed by atoms with Gasteiger partial charge in [-0.05, 0) is 49.4 Å². The molecule has 0 aromatic heterocycles. The normalized spacial score (nSPS) is 20.5. The average molecular weight is 261 g/mol. The van der Waals surface area contributed by atoms with Gasteiger partial charge in [0.1, 0.15) is 0 Å². The Morgan fingerprint density at radius 3 is 2.58 bits per heavy atom. The van der Waals surface area contributed by atoms with E-state index in [0.717, 1.165) is 44.1 Å². The number of benzene rings is 1. The van der Waals surface area contributed by atoms with Crippen LogP contribution < -0.4 is 14.8 Å². The molecular formula is C16H23NO2. The highest BCUT2D eigenvalue weighted by Crippen LogP contribution is 2.44. The average Bonchev–Trinajstić information content (AvgIpc) is 2.61. The zero-order chi connectivity index (χ0) is 13.1. The summed E-state index contributed by atoms with van der Waals surface area (Å²) in [6, 6.07) is 6.45. The minimum Gasteiger partial charge on any atom is -0.490 e. The Morgan fingerprint density at radius 1 is 1.11 bits per heavy atom. The van der Waals surface area contributed by atoms with Gasteiger partial charge in [0.15, 0.2) is 11.5 Å². The molecule has 0 unspecified atom stereocenters. The quantitative estimate of drug-likeness (QED) is 0.904. The maximum atomic E-state index is 5.77. The van der Waals surface area contributed by atoms with Crippen LogP contribution in [0.3, 0.4) is 0 Å². The molecule has 0 amide bonds. The molecule has 2 aliphatic rings. The molecule has 3 nitrogen and oxygen atoms in total. The van der Waals surface area contributed by atoms with E-state index < -0.39 is 0 Å². The van der Waals surface area contributed by atoms with Crippen LogP contribution in [0.1, 0.15) is 31.2 Å². The lowest BCUT2D eigenvalue weighted by Crippen LogP contribution is -2.40. The van der Waals surface area contributed by atoms with E-state index in [-0.39, 0.29) is 0 Å². The van der Waals surface area contributed by atoms with Gasteiger partial charge in [-0.3, -0.25) is 0 Å². The molecule has 0 spiro atoms. The highest BCUT2D eigenvalue weighted by Gasteiger charge is 2.36. The Labute approximate surface area is 115 Å². The van der Waals surface area contributed by atoms with Crippen LogP contribution >= 0.6 is 0 Å². The van der Waals surface area contributed by atoms with Gasteiger partial charge in [0, 0.05) is 13.0 Å². The van der Waals surface area contributed by atoms with Crippen molar-refractivity contribution >= 4 is 0 Å². The molecule has 1 aliphatic carbocycles. The van der Waals surface area contributed by atoms with Gasteiger partial charge in [0.2, 0.25) is 0 Å². The molecule has 3 heteroatoms. The molecule has 1 fully saturated rings. The van der Waals surface area contributed by atoms with E-state index in [1.165, 1.54) is 24.8 Å². The molecule has 1 aliphatic heterocycles. The zero-order valence-electron chi connectivity index (χ0n) is 11.7. The minimum absolute atomic E-state index is 0.467. The molecule has 0 bridgehead atoms. The van der Waals surface area contributed by atoms with Gasteiger partial charge in [-0.25, -0.2) is 0 Å². The Morgan fingerprint density at radius 2 is 1.89 bits per heavy atom. The molecule has 0 radical (unpaired) electrons. The maximum Gasteiger partial charge on any atom is 0.161 e. The van der Waals surface area contributed by atoms with Crippen LogP contribution in [0.4, 0.5) is 0 Å². The highest BCUT2D eigenvalue weighted by atomic mass is 16.5. The van der Waals surface area contributed by atoms with Gasteiger partial charge in [-0.2, -0.15) is 0 Å². The van der Waals surface area contributed by atoms with E-state index in [0.29, 0.717) is 5.41 Å². The van der Waals surface area contributed by atoms with Crippen LogP contribution in [0.15, 0.2) is 18.2 Å². The lowest BCUT2D eigenvalue weighted by Gasteiger charge is -2.42. The summed E-state index contributed by atoms with van der Waals surface area (Å²) in [6.07, 6.45) is 6.15. The molecule has 19 heavy (non-hydrogen) atoms. The molecule has 1 aromatic rings. The lowest BCUT2D eigenvalue weighted by molar-refractivity contribution is 0.133. The Bertz CT molecular complexity index is 440. The van der Waals surface area contributed by atoms with Gasteiger partial charge < -0.3 is 14.8 Å². The van der Waals surface area contributed by atoms with Crippen LogP contribution in [0, 0.1) is 5.41 Å². The van der Waals surface area contributed by atoms with Crippen molar-refractivity contribution in [1.82, 2.24) is 5.32 Å². The Balaban J connectivity index is 1.76. The highest BCUT2D eigenvalue weighted by molar-refractivity contribution is 5.43. The number of hydrogen-bond acceptors (Lipinski definition) is 3. The van der Waals surface area contributed by atoms with Crippen LogP contribution in [-0.2, 0) is 6.42 Å². The van der Waals surface area contributed by atoms with Crippen molar-refractivity contribution in [3.05, 3.63) is 23.8 Å². The van der Waals surface area contributed by atoms with Crippen LogP contribution in [0.5, 0.6) is 11.5 Å². The fourth-order valence-corrected chi connectivity index (χ4v) is 3.22. The van der Waals surface area contributed by atoms with Gasteiger partial charge in [-0.15, -0.1) is 0 Å². The van der Waals surface area contributed by atoms with Gasteiger partial charge in [-0.1, -0.05) is 12.5 Å². The number of rotatable bonds is 4. The summed E-state index contributed by atoms with van der Waals surface area (Å²) in [6.45, 7) is 2.63. The van der Waals surface area contributed by atoms with Crippen LogP contribution in [-0.4, -0.2) is 26.8 Å². The SMILES string of the molecule is CNCC1(Cc2ccc3c(c2)OCCCO3)CCC1. The summed E-state index contributed by atoms with van der Waals surface area (Å²) < 4.78 is 11.5. The van der Waals surface area contributed by atoms with Gasteiger partial charge in [0.05, 0.1) is 13.2 Å². The molecule has 1 N–H and O–H groups in total. The zero-order valence-corrected chi connectivity index (χ0v) is 11.7. The van der Waals surface area contributed by atoms with E-state index in [1.807, 2.05) is 7.05 Å². The van der Waals surface area contributed by atoms with E-state index in [9.17, 15) is 0 Å².